The first kappa shape index (κ1) is 21.8. The van der Waals surface area contributed by atoms with Gasteiger partial charge in [0.2, 0.25) is 11.3 Å². The first-order chi connectivity index (χ1) is 14.4. The predicted molar refractivity (Wildman–Crippen MR) is 116 cm³/mol. The number of nitrogens with one attached hydrogen (secondary N) is 1. The third kappa shape index (κ3) is 5.57. The minimum Gasteiger partial charge on any atom is -0.491 e. The maximum atomic E-state index is 12.6. The van der Waals surface area contributed by atoms with Gasteiger partial charge in [0.15, 0.2) is 11.5 Å². The number of amides is 1. The fraction of sp³-hybridized carbons (Fsp3) is 0.435. The van der Waals surface area contributed by atoms with Crippen LogP contribution in [0, 0.1) is 5.92 Å². The number of benzene rings is 1. The van der Waals surface area contributed by atoms with Crippen LogP contribution in [0.15, 0.2) is 41.3 Å². The maximum Gasteiger partial charge on any atom is 0.244 e. The standard InChI is InChI=1S/C23H29N3O4/c1-16-8-10-25(11-9-16)13-20-12-21(28)22(30-3)14-26(20)15-23(29)24-19-6-4-18(5-7-19)17(2)27/h4-7,12,14,16H,8-11,13,15H2,1-3H3,(H,24,29). The summed E-state index contributed by atoms with van der Waals surface area (Å²) in [5.41, 5.74) is 1.81. The molecule has 1 aromatic heterocycles. The lowest BCUT2D eigenvalue weighted by atomic mass is 9.99. The molecular weight excluding hydrogens is 382 g/mol. The Bertz CT molecular complexity index is 957. The number of aromatic nitrogens is 1. The molecular formula is C23H29N3O4. The number of piperidine rings is 1. The van der Waals surface area contributed by atoms with Crippen LogP contribution in [-0.4, -0.2) is 41.4 Å². The number of pyridine rings is 1. The number of likely N-dealkylation sites (tertiary alicyclic amines) is 1. The Hall–Kier alpha value is -2.93. The van der Waals surface area contributed by atoms with Crippen molar-refractivity contribution in [3.63, 3.8) is 0 Å². The van der Waals surface area contributed by atoms with Crippen LogP contribution in [-0.2, 0) is 17.9 Å². The number of hydrogen-bond donors (Lipinski definition) is 1. The lowest BCUT2D eigenvalue weighted by Gasteiger charge is -2.31. The molecule has 1 aromatic carbocycles. The van der Waals surface area contributed by atoms with Gasteiger partial charge in [0, 0.05) is 29.6 Å². The molecule has 7 heteroatoms. The van der Waals surface area contributed by atoms with E-state index in [0.717, 1.165) is 37.5 Å². The molecule has 1 saturated heterocycles. The molecule has 0 unspecified atom stereocenters. The number of hydrogen-bond acceptors (Lipinski definition) is 5. The summed E-state index contributed by atoms with van der Waals surface area (Å²) in [4.78, 5) is 38.6. The van der Waals surface area contributed by atoms with Crippen molar-refractivity contribution in [3.05, 3.63) is 58.0 Å². The minimum atomic E-state index is -0.218. The lowest BCUT2D eigenvalue weighted by Crippen LogP contribution is -2.34. The second-order valence-corrected chi connectivity index (χ2v) is 7.97. The number of Topliss-reactive ketones (excluding diaryl/α,β-unsaturated/α-hetero) is 1. The van der Waals surface area contributed by atoms with Crippen molar-refractivity contribution < 1.29 is 14.3 Å². The van der Waals surface area contributed by atoms with E-state index in [2.05, 4.69) is 17.1 Å². The zero-order valence-electron chi connectivity index (χ0n) is 17.8. The molecule has 0 aliphatic carbocycles. The quantitative estimate of drug-likeness (QED) is 0.709. The molecule has 30 heavy (non-hydrogen) atoms. The summed E-state index contributed by atoms with van der Waals surface area (Å²) in [7, 11) is 1.45. The average molecular weight is 412 g/mol. The summed E-state index contributed by atoms with van der Waals surface area (Å²) >= 11 is 0. The number of ether oxygens (including phenoxy) is 1. The van der Waals surface area contributed by atoms with Crippen molar-refractivity contribution in [3.8, 4) is 5.75 Å². The van der Waals surface area contributed by atoms with E-state index in [1.54, 1.807) is 41.1 Å². The zero-order chi connectivity index (χ0) is 21.7. The summed E-state index contributed by atoms with van der Waals surface area (Å²) in [5, 5.41) is 2.84. The van der Waals surface area contributed by atoms with Crippen molar-refractivity contribution >= 4 is 17.4 Å². The van der Waals surface area contributed by atoms with Crippen molar-refractivity contribution in [2.75, 3.05) is 25.5 Å². The smallest absolute Gasteiger partial charge is 0.244 e. The van der Waals surface area contributed by atoms with E-state index in [-0.39, 0.29) is 29.4 Å². The summed E-state index contributed by atoms with van der Waals surface area (Å²) in [6.07, 6.45) is 3.87. The Labute approximate surface area is 176 Å². The average Bonchev–Trinajstić information content (AvgIpc) is 2.72. The first-order valence-electron chi connectivity index (χ1n) is 10.3. The van der Waals surface area contributed by atoms with Crippen LogP contribution in [0.25, 0.3) is 0 Å². The highest BCUT2D eigenvalue weighted by atomic mass is 16.5. The second-order valence-electron chi connectivity index (χ2n) is 7.97. The molecule has 1 amide bonds. The van der Waals surface area contributed by atoms with Gasteiger partial charge in [-0.2, -0.15) is 0 Å². The first-order valence-corrected chi connectivity index (χ1v) is 10.3. The van der Waals surface area contributed by atoms with Crippen LogP contribution in [0.1, 0.15) is 42.7 Å². The normalized spacial score (nSPS) is 15.0. The Kier molecular flexibility index (Phi) is 7.05. The van der Waals surface area contributed by atoms with Gasteiger partial charge in [-0.15, -0.1) is 0 Å². The van der Waals surface area contributed by atoms with Gasteiger partial charge in [-0.25, -0.2) is 0 Å². The number of methoxy groups -OCH3 is 1. The molecule has 0 radical (unpaired) electrons. The Balaban J connectivity index is 1.74. The minimum absolute atomic E-state index is 0.0232. The summed E-state index contributed by atoms with van der Waals surface area (Å²) in [6, 6.07) is 8.34. The Morgan fingerprint density at radius 3 is 2.43 bits per heavy atom. The van der Waals surface area contributed by atoms with E-state index < -0.39 is 0 Å². The highest BCUT2D eigenvalue weighted by Gasteiger charge is 2.18. The number of ketones is 1. The molecule has 7 nitrogen and oxygen atoms in total. The van der Waals surface area contributed by atoms with Crippen LogP contribution >= 0.6 is 0 Å². The fourth-order valence-corrected chi connectivity index (χ4v) is 3.62. The SMILES string of the molecule is COc1cn(CC(=O)Nc2ccc(C(C)=O)cc2)c(CN2CCC(C)CC2)cc1=O. The van der Waals surface area contributed by atoms with Crippen LogP contribution in [0.5, 0.6) is 5.75 Å². The van der Waals surface area contributed by atoms with Crippen LogP contribution < -0.4 is 15.5 Å². The van der Waals surface area contributed by atoms with Gasteiger partial charge >= 0.3 is 0 Å². The number of rotatable bonds is 7. The third-order valence-electron chi connectivity index (χ3n) is 5.55. The lowest BCUT2D eigenvalue weighted by molar-refractivity contribution is -0.116. The van der Waals surface area contributed by atoms with Crippen molar-refractivity contribution in [2.24, 2.45) is 5.92 Å². The van der Waals surface area contributed by atoms with Gasteiger partial charge < -0.3 is 14.6 Å². The van der Waals surface area contributed by atoms with Crippen molar-refractivity contribution in [2.45, 2.75) is 39.8 Å². The molecule has 0 spiro atoms. The number of anilines is 1. The van der Waals surface area contributed by atoms with Gasteiger partial charge in [0.25, 0.3) is 0 Å². The zero-order valence-corrected chi connectivity index (χ0v) is 17.8. The largest absolute Gasteiger partial charge is 0.491 e. The highest BCUT2D eigenvalue weighted by molar-refractivity contribution is 5.95. The van der Waals surface area contributed by atoms with E-state index in [1.165, 1.54) is 14.0 Å². The Morgan fingerprint density at radius 1 is 1.17 bits per heavy atom. The maximum absolute atomic E-state index is 12.6. The molecule has 0 bridgehead atoms. The van der Waals surface area contributed by atoms with Gasteiger partial charge in [-0.05, 0) is 63.0 Å². The molecule has 0 atom stereocenters. The molecule has 1 fully saturated rings. The topological polar surface area (TPSA) is 80.6 Å². The number of carbonyl (C=O) groups is 2. The highest BCUT2D eigenvalue weighted by Crippen LogP contribution is 2.19. The van der Waals surface area contributed by atoms with Gasteiger partial charge in [-0.1, -0.05) is 6.92 Å². The second kappa shape index (κ2) is 9.71. The molecule has 3 rings (SSSR count). The molecule has 2 aromatic rings. The van der Waals surface area contributed by atoms with Crippen LogP contribution in [0.3, 0.4) is 0 Å². The van der Waals surface area contributed by atoms with Gasteiger partial charge in [0.1, 0.15) is 6.54 Å². The summed E-state index contributed by atoms with van der Waals surface area (Å²) in [5.74, 6) is 0.693. The Morgan fingerprint density at radius 2 is 1.83 bits per heavy atom. The van der Waals surface area contributed by atoms with E-state index >= 15 is 0 Å². The molecule has 1 aliphatic heterocycles. The monoisotopic (exact) mass is 411 g/mol. The van der Waals surface area contributed by atoms with E-state index in [0.29, 0.717) is 17.8 Å². The summed E-state index contributed by atoms with van der Waals surface area (Å²) in [6.45, 7) is 6.40. The molecule has 1 aliphatic rings. The molecule has 160 valence electrons. The van der Waals surface area contributed by atoms with E-state index in [1.807, 2.05) is 0 Å². The fourth-order valence-electron chi connectivity index (χ4n) is 3.62. The molecule has 1 N–H and O–H groups in total. The van der Waals surface area contributed by atoms with Crippen molar-refractivity contribution in [1.29, 1.82) is 0 Å². The number of nitrogens with zero attached hydrogens (tertiary/aromatic N) is 2. The van der Waals surface area contributed by atoms with Gasteiger partial charge in [-0.3, -0.25) is 19.3 Å². The summed E-state index contributed by atoms with van der Waals surface area (Å²) < 4.78 is 6.94. The predicted octanol–water partition coefficient (Wildman–Crippen LogP) is 2.93. The molecule has 0 saturated carbocycles. The number of carbonyl (C=O) groups excluding carboxylic acids is 2. The van der Waals surface area contributed by atoms with Gasteiger partial charge in [0.05, 0.1) is 13.3 Å². The third-order valence-corrected chi connectivity index (χ3v) is 5.55. The van der Waals surface area contributed by atoms with Crippen LogP contribution in [0.2, 0.25) is 0 Å². The molecule has 2 heterocycles. The van der Waals surface area contributed by atoms with Crippen LogP contribution in [0.4, 0.5) is 5.69 Å². The van der Waals surface area contributed by atoms with Crippen molar-refractivity contribution in [1.82, 2.24) is 9.47 Å². The van der Waals surface area contributed by atoms with E-state index in [4.69, 9.17) is 4.74 Å². The van der Waals surface area contributed by atoms with E-state index in [9.17, 15) is 14.4 Å².